The monoisotopic (exact) mass is 269 g/mol. The Morgan fingerprint density at radius 2 is 2.06 bits per heavy atom. The van der Waals surface area contributed by atoms with Crippen LogP contribution in [-0.2, 0) is 11.2 Å². The first-order chi connectivity index (χ1) is 8.67. The van der Waals surface area contributed by atoms with Crippen LogP contribution in [0.2, 0.25) is 0 Å². The molecule has 4 heteroatoms. The van der Waals surface area contributed by atoms with Gasteiger partial charge in [-0.2, -0.15) is 0 Å². The summed E-state index contributed by atoms with van der Waals surface area (Å²) in [6, 6.07) is 7.65. The molecule has 1 aromatic rings. The molecule has 0 aliphatic rings. The van der Waals surface area contributed by atoms with Crippen LogP contribution in [0.25, 0.3) is 0 Å². The highest BCUT2D eigenvalue weighted by Crippen LogP contribution is 2.05. The number of ether oxygens (including phenoxy) is 1. The lowest BCUT2D eigenvalue weighted by atomic mass is 10.1. The van der Waals surface area contributed by atoms with Crippen molar-refractivity contribution in [3.05, 3.63) is 35.4 Å². The van der Waals surface area contributed by atoms with E-state index in [1.165, 1.54) is 5.56 Å². The number of nitrogens with one attached hydrogen (secondary N) is 1. The summed E-state index contributed by atoms with van der Waals surface area (Å²) in [4.78, 5) is 11.8. The largest absolute Gasteiger partial charge is 0.383 e. The minimum Gasteiger partial charge on any atom is -0.383 e. The topological polar surface area (TPSA) is 38.3 Å². The summed E-state index contributed by atoms with van der Waals surface area (Å²) >= 11 is 5.97. The minimum atomic E-state index is -0.0576. The molecule has 1 unspecified atom stereocenters. The molecule has 0 radical (unpaired) electrons. The number of hydrogen-bond donors (Lipinski definition) is 1. The van der Waals surface area contributed by atoms with Gasteiger partial charge in [0.25, 0.3) is 5.91 Å². The summed E-state index contributed by atoms with van der Waals surface area (Å²) in [6.07, 6.45) is 1.68. The Morgan fingerprint density at radius 3 is 2.61 bits per heavy atom. The fraction of sp³-hybridized carbons (Fsp3) is 0.500. The number of carbonyl (C=O) groups excluding carboxylic acids is 1. The molecule has 0 aromatic heterocycles. The first-order valence-electron chi connectivity index (χ1n) is 6.17. The Morgan fingerprint density at radius 1 is 1.39 bits per heavy atom. The predicted molar refractivity (Wildman–Crippen MR) is 74.3 cm³/mol. The zero-order chi connectivity index (χ0) is 13.4. The van der Waals surface area contributed by atoms with Crippen molar-refractivity contribution in [1.82, 2.24) is 5.32 Å². The highest BCUT2D eigenvalue weighted by molar-refractivity contribution is 6.20. The van der Waals surface area contributed by atoms with Gasteiger partial charge in [0.15, 0.2) is 0 Å². The van der Waals surface area contributed by atoms with Gasteiger partial charge in [-0.25, -0.2) is 0 Å². The highest BCUT2D eigenvalue weighted by atomic mass is 35.5. The van der Waals surface area contributed by atoms with Crippen molar-refractivity contribution in [3.63, 3.8) is 0 Å². The summed E-state index contributed by atoms with van der Waals surface area (Å²) in [5.74, 6) is -0.0565. The summed E-state index contributed by atoms with van der Waals surface area (Å²) in [5, 5.41) is 2.79. The third-order valence-electron chi connectivity index (χ3n) is 2.72. The van der Waals surface area contributed by atoms with Crippen molar-refractivity contribution in [2.75, 3.05) is 20.3 Å². The molecule has 0 aliphatic heterocycles. The minimum absolute atomic E-state index is 0.0565. The highest BCUT2D eigenvalue weighted by Gasteiger charge is 2.07. The van der Waals surface area contributed by atoms with Crippen LogP contribution in [0.5, 0.6) is 0 Å². The van der Waals surface area contributed by atoms with E-state index in [1.807, 2.05) is 24.3 Å². The molecule has 18 heavy (non-hydrogen) atoms. The van der Waals surface area contributed by atoms with Crippen molar-refractivity contribution < 1.29 is 9.53 Å². The number of alkyl halides is 1. The lowest BCUT2D eigenvalue weighted by Gasteiger charge is -2.09. The van der Waals surface area contributed by atoms with E-state index in [0.717, 1.165) is 6.42 Å². The molecule has 0 saturated carbocycles. The Hall–Kier alpha value is -1.06. The molecule has 1 amide bonds. The van der Waals surface area contributed by atoms with Gasteiger partial charge in [0, 0.05) is 19.2 Å². The van der Waals surface area contributed by atoms with E-state index in [4.69, 9.17) is 16.3 Å². The summed E-state index contributed by atoms with van der Waals surface area (Å²) in [6.45, 7) is 3.15. The molecule has 1 atom stereocenters. The molecule has 3 nitrogen and oxygen atoms in total. The Kier molecular flexibility index (Phi) is 6.76. The number of methoxy groups -OCH3 is 1. The van der Waals surface area contributed by atoms with Gasteiger partial charge >= 0.3 is 0 Å². The SMILES string of the molecule is CCc1ccc(C(=O)NCCC(Cl)COC)cc1. The Labute approximate surface area is 113 Å². The molecule has 0 bridgehead atoms. The van der Waals surface area contributed by atoms with Crippen LogP contribution >= 0.6 is 11.6 Å². The lowest BCUT2D eigenvalue weighted by Crippen LogP contribution is -2.27. The molecule has 1 rings (SSSR count). The lowest BCUT2D eigenvalue weighted by molar-refractivity contribution is 0.0951. The van der Waals surface area contributed by atoms with Crippen LogP contribution in [0.4, 0.5) is 0 Å². The van der Waals surface area contributed by atoms with E-state index in [-0.39, 0.29) is 11.3 Å². The maximum atomic E-state index is 11.8. The second-order valence-electron chi connectivity index (χ2n) is 4.15. The fourth-order valence-electron chi connectivity index (χ4n) is 1.60. The van der Waals surface area contributed by atoms with E-state index in [1.54, 1.807) is 7.11 Å². The second-order valence-corrected chi connectivity index (χ2v) is 4.76. The molecule has 1 aromatic carbocycles. The van der Waals surface area contributed by atoms with Crippen molar-refractivity contribution in [1.29, 1.82) is 0 Å². The summed E-state index contributed by atoms with van der Waals surface area (Å²) < 4.78 is 4.93. The molecular formula is C14H20ClNO2. The van der Waals surface area contributed by atoms with Crippen LogP contribution in [0, 0.1) is 0 Å². The molecule has 0 fully saturated rings. The number of amides is 1. The molecule has 0 heterocycles. The van der Waals surface area contributed by atoms with Crippen molar-refractivity contribution >= 4 is 17.5 Å². The maximum Gasteiger partial charge on any atom is 0.251 e. The van der Waals surface area contributed by atoms with Crippen LogP contribution in [0.3, 0.4) is 0 Å². The quantitative estimate of drug-likeness (QED) is 0.773. The van der Waals surface area contributed by atoms with Crippen LogP contribution in [0.15, 0.2) is 24.3 Å². The van der Waals surface area contributed by atoms with E-state index < -0.39 is 0 Å². The van der Waals surface area contributed by atoms with Gasteiger partial charge in [-0.1, -0.05) is 19.1 Å². The number of benzene rings is 1. The number of carbonyl (C=O) groups is 1. The van der Waals surface area contributed by atoms with Crippen LogP contribution in [-0.4, -0.2) is 31.5 Å². The van der Waals surface area contributed by atoms with Gasteiger partial charge in [0.2, 0.25) is 0 Å². The van der Waals surface area contributed by atoms with E-state index in [0.29, 0.717) is 25.1 Å². The smallest absolute Gasteiger partial charge is 0.251 e. The molecular weight excluding hydrogens is 250 g/mol. The van der Waals surface area contributed by atoms with E-state index >= 15 is 0 Å². The predicted octanol–water partition coefficient (Wildman–Crippen LogP) is 2.62. The van der Waals surface area contributed by atoms with Gasteiger partial charge in [-0.05, 0) is 30.5 Å². The normalized spacial score (nSPS) is 12.2. The molecule has 1 N–H and O–H groups in total. The van der Waals surface area contributed by atoms with Gasteiger partial charge in [0.1, 0.15) is 0 Å². The third kappa shape index (κ3) is 5.07. The van der Waals surface area contributed by atoms with Gasteiger partial charge in [-0.3, -0.25) is 4.79 Å². The number of hydrogen-bond acceptors (Lipinski definition) is 2. The van der Waals surface area contributed by atoms with Gasteiger partial charge < -0.3 is 10.1 Å². The Bertz CT molecular complexity index is 365. The van der Waals surface area contributed by atoms with Gasteiger partial charge in [0.05, 0.1) is 12.0 Å². The number of aryl methyl sites for hydroxylation is 1. The van der Waals surface area contributed by atoms with E-state index in [9.17, 15) is 4.79 Å². The zero-order valence-electron chi connectivity index (χ0n) is 10.9. The maximum absolute atomic E-state index is 11.8. The first-order valence-corrected chi connectivity index (χ1v) is 6.61. The standard InChI is InChI=1S/C14H20ClNO2/c1-3-11-4-6-12(7-5-11)14(17)16-9-8-13(15)10-18-2/h4-7,13H,3,8-10H2,1-2H3,(H,16,17). The van der Waals surface area contributed by atoms with Crippen molar-refractivity contribution in [2.24, 2.45) is 0 Å². The molecule has 0 spiro atoms. The van der Waals surface area contributed by atoms with Crippen molar-refractivity contribution in [3.8, 4) is 0 Å². The third-order valence-corrected chi connectivity index (χ3v) is 3.06. The van der Waals surface area contributed by atoms with Crippen molar-refractivity contribution in [2.45, 2.75) is 25.1 Å². The average Bonchev–Trinajstić information content (AvgIpc) is 2.39. The number of rotatable bonds is 7. The average molecular weight is 270 g/mol. The van der Waals surface area contributed by atoms with Crippen LogP contribution < -0.4 is 5.32 Å². The Balaban J connectivity index is 2.35. The second kappa shape index (κ2) is 8.11. The zero-order valence-corrected chi connectivity index (χ0v) is 11.7. The summed E-state index contributed by atoms with van der Waals surface area (Å²) in [7, 11) is 1.61. The molecule has 0 saturated heterocycles. The van der Waals surface area contributed by atoms with E-state index in [2.05, 4.69) is 12.2 Å². The first kappa shape index (κ1) is 15.0. The molecule has 0 aliphatic carbocycles. The van der Waals surface area contributed by atoms with Crippen LogP contribution in [0.1, 0.15) is 29.3 Å². The summed E-state index contributed by atoms with van der Waals surface area (Å²) in [5.41, 5.74) is 1.91. The van der Waals surface area contributed by atoms with Gasteiger partial charge in [-0.15, -0.1) is 11.6 Å². The fourth-order valence-corrected chi connectivity index (χ4v) is 1.84. The molecule has 100 valence electrons. The number of halogens is 1.